The number of aliphatic carboxylic acids is 1. The standard InChI is InChI=1S/C11H20N4O4S/c1-14(2)10(18)12-3-4-13-11(19)15-5-6-20-7-8(15)9(16)17/h8H,3-7H2,1-2H3,(H,12,18)(H,13,19)(H,16,17). The highest BCUT2D eigenvalue weighted by Gasteiger charge is 2.32. The van der Waals surface area contributed by atoms with Crippen LogP contribution >= 0.6 is 11.8 Å². The van der Waals surface area contributed by atoms with E-state index in [2.05, 4.69) is 10.6 Å². The van der Waals surface area contributed by atoms with Gasteiger partial charge in [0.15, 0.2) is 0 Å². The first-order valence-electron chi connectivity index (χ1n) is 6.23. The van der Waals surface area contributed by atoms with Gasteiger partial charge in [0, 0.05) is 45.2 Å². The van der Waals surface area contributed by atoms with Crippen LogP contribution < -0.4 is 10.6 Å². The fraction of sp³-hybridized carbons (Fsp3) is 0.727. The van der Waals surface area contributed by atoms with Gasteiger partial charge in [-0.15, -0.1) is 0 Å². The van der Waals surface area contributed by atoms with Gasteiger partial charge < -0.3 is 25.5 Å². The van der Waals surface area contributed by atoms with Gasteiger partial charge in [-0.25, -0.2) is 14.4 Å². The van der Waals surface area contributed by atoms with E-state index < -0.39 is 18.0 Å². The molecule has 0 bridgehead atoms. The first kappa shape index (κ1) is 16.4. The Bertz CT molecular complexity index is 377. The van der Waals surface area contributed by atoms with E-state index in [4.69, 9.17) is 5.11 Å². The van der Waals surface area contributed by atoms with Crippen molar-refractivity contribution in [2.75, 3.05) is 45.2 Å². The molecule has 3 N–H and O–H groups in total. The Balaban J connectivity index is 2.34. The molecule has 1 aliphatic rings. The second-order valence-corrected chi connectivity index (χ2v) is 5.63. The maximum atomic E-state index is 11.9. The zero-order valence-electron chi connectivity index (χ0n) is 11.6. The van der Waals surface area contributed by atoms with Crippen LogP contribution in [-0.4, -0.2) is 84.2 Å². The van der Waals surface area contributed by atoms with Gasteiger partial charge in [-0.1, -0.05) is 0 Å². The Morgan fingerprint density at radius 2 is 1.95 bits per heavy atom. The van der Waals surface area contributed by atoms with E-state index in [1.807, 2.05) is 0 Å². The van der Waals surface area contributed by atoms with E-state index in [0.29, 0.717) is 18.8 Å². The summed E-state index contributed by atoms with van der Waals surface area (Å²) in [4.78, 5) is 36.9. The molecule has 0 saturated carbocycles. The molecule has 114 valence electrons. The van der Waals surface area contributed by atoms with Crippen LogP contribution in [0.1, 0.15) is 0 Å². The molecule has 8 nitrogen and oxygen atoms in total. The van der Waals surface area contributed by atoms with Gasteiger partial charge in [0.2, 0.25) is 0 Å². The van der Waals surface area contributed by atoms with Crippen molar-refractivity contribution in [1.29, 1.82) is 0 Å². The second kappa shape index (κ2) is 7.83. The first-order valence-corrected chi connectivity index (χ1v) is 7.39. The zero-order chi connectivity index (χ0) is 15.1. The number of thioether (sulfide) groups is 1. The summed E-state index contributed by atoms with van der Waals surface area (Å²) in [6.45, 7) is 0.967. The monoisotopic (exact) mass is 304 g/mol. The van der Waals surface area contributed by atoms with Crippen molar-refractivity contribution in [1.82, 2.24) is 20.4 Å². The van der Waals surface area contributed by atoms with Crippen LogP contribution in [0.15, 0.2) is 0 Å². The minimum Gasteiger partial charge on any atom is -0.480 e. The second-order valence-electron chi connectivity index (χ2n) is 4.48. The molecular formula is C11H20N4O4S. The molecule has 0 aromatic carbocycles. The molecule has 9 heteroatoms. The Morgan fingerprint density at radius 3 is 2.55 bits per heavy atom. The van der Waals surface area contributed by atoms with Crippen LogP contribution in [0.2, 0.25) is 0 Å². The maximum Gasteiger partial charge on any atom is 0.327 e. The number of carboxylic acids is 1. The molecule has 0 spiro atoms. The van der Waals surface area contributed by atoms with Crippen LogP contribution in [-0.2, 0) is 4.79 Å². The van der Waals surface area contributed by atoms with Crippen molar-refractivity contribution in [3.63, 3.8) is 0 Å². The Labute approximate surface area is 121 Å². The Morgan fingerprint density at radius 1 is 1.30 bits per heavy atom. The summed E-state index contributed by atoms with van der Waals surface area (Å²) in [5, 5.41) is 14.3. The molecule has 0 aromatic rings. The number of carbonyl (C=O) groups excluding carboxylic acids is 2. The molecule has 1 heterocycles. The average Bonchev–Trinajstić information content (AvgIpc) is 2.42. The number of rotatable bonds is 4. The number of urea groups is 2. The minimum absolute atomic E-state index is 0.239. The van der Waals surface area contributed by atoms with E-state index in [1.54, 1.807) is 14.1 Å². The number of amides is 4. The normalized spacial score (nSPS) is 18.3. The highest BCUT2D eigenvalue weighted by Crippen LogP contribution is 2.16. The average molecular weight is 304 g/mol. The van der Waals surface area contributed by atoms with E-state index in [0.717, 1.165) is 5.75 Å². The number of carboxylic acid groups (broad SMARTS) is 1. The summed E-state index contributed by atoms with van der Waals surface area (Å²) in [6, 6.07) is -1.43. The summed E-state index contributed by atoms with van der Waals surface area (Å²) >= 11 is 1.52. The lowest BCUT2D eigenvalue weighted by Crippen LogP contribution is -2.54. The largest absolute Gasteiger partial charge is 0.480 e. The van der Waals surface area contributed by atoms with Gasteiger partial charge in [-0.3, -0.25) is 0 Å². The predicted molar refractivity (Wildman–Crippen MR) is 75.9 cm³/mol. The molecule has 1 aliphatic heterocycles. The molecule has 4 amide bonds. The van der Waals surface area contributed by atoms with Crippen molar-refractivity contribution in [3.8, 4) is 0 Å². The topological polar surface area (TPSA) is 102 Å². The minimum atomic E-state index is -0.992. The van der Waals surface area contributed by atoms with Gasteiger partial charge in [-0.2, -0.15) is 11.8 Å². The lowest BCUT2D eigenvalue weighted by molar-refractivity contribution is -0.141. The summed E-state index contributed by atoms with van der Waals surface area (Å²) in [5.41, 5.74) is 0. The van der Waals surface area contributed by atoms with E-state index in [-0.39, 0.29) is 12.6 Å². The molecule has 1 rings (SSSR count). The molecule has 0 radical (unpaired) electrons. The summed E-state index contributed by atoms with van der Waals surface area (Å²) in [5.74, 6) is 0.141. The third-order valence-electron chi connectivity index (χ3n) is 2.76. The van der Waals surface area contributed by atoms with Crippen LogP contribution in [0.5, 0.6) is 0 Å². The van der Waals surface area contributed by atoms with Crippen molar-refractivity contribution < 1.29 is 19.5 Å². The summed E-state index contributed by atoms with van der Waals surface area (Å²) in [6.07, 6.45) is 0. The molecule has 1 saturated heterocycles. The smallest absolute Gasteiger partial charge is 0.327 e. The third kappa shape index (κ3) is 4.80. The van der Waals surface area contributed by atoms with Crippen LogP contribution in [0.25, 0.3) is 0 Å². The van der Waals surface area contributed by atoms with E-state index in [9.17, 15) is 14.4 Å². The van der Waals surface area contributed by atoms with E-state index >= 15 is 0 Å². The molecule has 1 fully saturated rings. The molecule has 20 heavy (non-hydrogen) atoms. The Hall–Kier alpha value is -1.64. The number of nitrogens with one attached hydrogen (secondary N) is 2. The van der Waals surface area contributed by atoms with Gasteiger partial charge >= 0.3 is 18.0 Å². The highest BCUT2D eigenvalue weighted by atomic mass is 32.2. The molecule has 0 aliphatic carbocycles. The molecule has 1 atom stereocenters. The third-order valence-corrected chi connectivity index (χ3v) is 3.78. The lowest BCUT2D eigenvalue weighted by atomic mass is 10.3. The predicted octanol–water partition coefficient (Wildman–Crippen LogP) is -0.531. The van der Waals surface area contributed by atoms with Gasteiger partial charge in [-0.05, 0) is 0 Å². The quantitative estimate of drug-likeness (QED) is 0.606. The summed E-state index contributed by atoms with van der Waals surface area (Å²) in [7, 11) is 3.24. The number of hydrogen-bond acceptors (Lipinski definition) is 4. The van der Waals surface area contributed by atoms with Crippen molar-refractivity contribution in [2.24, 2.45) is 0 Å². The first-order chi connectivity index (χ1) is 9.43. The van der Waals surface area contributed by atoms with Crippen molar-refractivity contribution >= 4 is 29.8 Å². The fourth-order valence-electron chi connectivity index (χ4n) is 1.65. The van der Waals surface area contributed by atoms with Crippen LogP contribution in [0, 0.1) is 0 Å². The highest BCUT2D eigenvalue weighted by molar-refractivity contribution is 7.99. The zero-order valence-corrected chi connectivity index (χ0v) is 12.4. The SMILES string of the molecule is CN(C)C(=O)NCCNC(=O)N1CCSCC1C(=O)O. The molecule has 0 aromatic heterocycles. The summed E-state index contributed by atoms with van der Waals surface area (Å²) < 4.78 is 0. The van der Waals surface area contributed by atoms with Gasteiger partial charge in [0.1, 0.15) is 6.04 Å². The van der Waals surface area contributed by atoms with E-state index in [1.165, 1.54) is 21.6 Å². The molecular weight excluding hydrogens is 284 g/mol. The van der Waals surface area contributed by atoms with Crippen molar-refractivity contribution in [2.45, 2.75) is 6.04 Å². The molecule has 1 unspecified atom stereocenters. The number of hydrogen-bond donors (Lipinski definition) is 3. The number of nitrogens with zero attached hydrogens (tertiary/aromatic N) is 2. The van der Waals surface area contributed by atoms with Crippen molar-refractivity contribution in [3.05, 3.63) is 0 Å². The fourth-order valence-corrected chi connectivity index (χ4v) is 2.69. The van der Waals surface area contributed by atoms with Crippen LogP contribution in [0.4, 0.5) is 9.59 Å². The van der Waals surface area contributed by atoms with Crippen LogP contribution in [0.3, 0.4) is 0 Å². The van der Waals surface area contributed by atoms with Gasteiger partial charge in [0.25, 0.3) is 0 Å². The maximum absolute atomic E-state index is 11.9. The lowest BCUT2D eigenvalue weighted by Gasteiger charge is -2.32. The van der Waals surface area contributed by atoms with Gasteiger partial charge in [0.05, 0.1) is 0 Å². The number of carbonyl (C=O) groups is 3. The Kier molecular flexibility index (Phi) is 6.43.